The van der Waals surface area contributed by atoms with E-state index in [1.54, 1.807) is 0 Å². The lowest BCUT2D eigenvalue weighted by Crippen LogP contribution is -2.27. The van der Waals surface area contributed by atoms with Gasteiger partial charge in [-0.1, -0.05) is 27.9 Å². The second-order valence-corrected chi connectivity index (χ2v) is 4.06. The Hall–Kier alpha value is -1.31. The fraction of sp³-hybridized carbons (Fsp3) is 0.182. The molecule has 1 aromatic rings. The second kappa shape index (κ2) is 4.05. The summed E-state index contributed by atoms with van der Waals surface area (Å²) < 4.78 is 0.910. The van der Waals surface area contributed by atoms with Crippen LogP contribution < -0.4 is 10.6 Å². The number of rotatable bonds is 2. The normalized spacial score (nSPS) is 18.1. The summed E-state index contributed by atoms with van der Waals surface area (Å²) in [5.74, 6) is 2.40. The minimum Gasteiger partial charge on any atom is -0.324 e. The van der Waals surface area contributed by atoms with Gasteiger partial charge >= 0.3 is 0 Å². The molecule has 3 nitrogen and oxygen atoms in total. The van der Waals surface area contributed by atoms with Crippen LogP contribution in [0.3, 0.4) is 0 Å². The Morgan fingerprint density at radius 1 is 1.60 bits per heavy atom. The lowest BCUT2D eigenvalue weighted by Gasteiger charge is -2.09. The highest BCUT2D eigenvalue weighted by Crippen LogP contribution is 2.36. The van der Waals surface area contributed by atoms with Crippen molar-refractivity contribution in [2.75, 3.05) is 11.9 Å². The van der Waals surface area contributed by atoms with E-state index in [4.69, 9.17) is 6.42 Å². The standard InChI is InChI=1S/C11H9BrN2O/c1-2-6-13-10-9-7(12)4-3-5-8(9)14-11(10)15/h1,3-5,10,13H,6H2,(H,14,15). The molecule has 1 aliphatic heterocycles. The maximum Gasteiger partial charge on any atom is 0.246 e. The minimum absolute atomic E-state index is 0.0628. The average Bonchev–Trinajstić information content (AvgIpc) is 2.53. The second-order valence-electron chi connectivity index (χ2n) is 3.21. The van der Waals surface area contributed by atoms with Crippen molar-refractivity contribution < 1.29 is 4.79 Å². The number of nitrogens with one attached hydrogen (secondary N) is 2. The SMILES string of the molecule is C#CCNC1C(=O)Nc2cccc(Br)c21. The highest BCUT2D eigenvalue weighted by Gasteiger charge is 2.31. The molecule has 2 rings (SSSR count). The maximum absolute atomic E-state index is 11.6. The fourth-order valence-corrected chi connectivity index (χ4v) is 2.23. The van der Waals surface area contributed by atoms with Crippen LogP contribution in [0.1, 0.15) is 11.6 Å². The topological polar surface area (TPSA) is 41.1 Å². The Morgan fingerprint density at radius 3 is 3.13 bits per heavy atom. The van der Waals surface area contributed by atoms with Crippen molar-refractivity contribution in [3.8, 4) is 12.3 Å². The molecule has 1 aliphatic rings. The zero-order valence-corrected chi connectivity index (χ0v) is 9.47. The number of fused-ring (bicyclic) bond motifs is 1. The quantitative estimate of drug-likeness (QED) is 0.798. The van der Waals surface area contributed by atoms with Crippen molar-refractivity contribution in [1.29, 1.82) is 0 Å². The molecule has 76 valence electrons. The lowest BCUT2D eigenvalue weighted by atomic mass is 10.1. The van der Waals surface area contributed by atoms with Gasteiger partial charge in [-0.25, -0.2) is 0 Å². The van der Waals surface area contributed by atoms with Crippen molar-refractivity contribution in [3.63, 3.8) is 0 Å². The van der Waals surface area contributed by atoms with Crippen LogP contribution in [0.4, 0.5) is 5.69 Å². The molecular weight excluding hydrogens is 256 g/mol. The van der Waals surface area contributed by atoms with Crippen molar-refractivity contribution in [1.82, 2.24) is 5.32 Å². The van der Waals surface area contributed by atoms with Gasteiger partial charge in [-0.2, -0.15) is 0 Å². The Morgan fingerprint density at radius 2 is 2.40 bits per heavy atom. The Bertz CT molecular complexity index is 450. The average molecular weight is 265 g/mol. The van der Waals surface area contributed by atoms with E-state index >= 15 is 0 Å². The van der Waals surface area contributed by atoms with E-state index in [0.717, 1.165) is 15.7 Å². The van der Waals surface area contributed by atoms with Gasteiger partial charge in [-0.15, -0.1) is 6.42 Å². The predicted molar refractivity (Wildman–Crippen MR) is 62.3 cm³/mol. The molecule has 0 aromatic heterocycles. The van der Waals surface area contributed by atoms with Gasteiger partial charge in [0.25, 0.3) is 0 Å². The van der Waals surface area contributed by atoms with E-state index in [-0.39, 0.29) is 11.9 Å². The lowest BCUT2D eigenvalue weighted by molar-refractivity contribution is -0.117. The molecule has 2 N–H and O–H groups in total. The number of amides is 1. The first kappa shape index (κ1) is 10.2. The molecule has 1 heterocycles. The smallest absolute Gasteiger partial charge is 0.246 e. The van der Waals surface area contributed by atoms with Gasteiger partial charge in [0.05, 0.1) is 6.54 Å². The van der Waals surface area contributed by atoms with E-state index in [1.165, 1.54) is 0 Å². The first-order valence-electron chi connectivity index (χ1n) is 4.50. The molecule has 1 atom stereocenters. The molecule has 0 radical (unpaired) electrons. The van der Waals surface area contributed by atoms with Gasteiger partial charge in [-0.3, -0.25) is 10.1 Å². The first-order chi connectivity index (χ1) is 7.24. The number of hydrogen-bond acceptors (Lipinski definition) is 2. The van der Waals surface area contributed by atoms with Crippen molar-refractivity contribution in [2.24, 2.45) is 0 Å². The van der Waals surface area contributed by atoms with Crippen LogP contribution in [-0.2, 0) is 4.79 Å². The van der Waals surface area contributed by atoms with Gasteiger partial charge in [0.2, 0.25) is 5.91 Å². The number of benzene rings is 1. The van der Waals surface area contributed by atoms with Crippen LogP contribution in [0, 0.1) is 12.3 Å². The van der Waals surface area contributed by atoms with Crippen LogP contribution in [0.5, 0.6) is 0 Å². The third-order valence-electron chi connectivity index (χ3n) is 2.27. The molecule has 4 heteroatoms. The van der Waals surface area contributed by atoms with E-state index in [2.05, 4.69) is 32.5 Å². The van der Waals surface area contributed by atoms with Crippen LogP contribution in [0.25, 0.3) is 0 Å². The summed E-state index contributed by atoms with van der Waals surface area (Å²) >= 11 is 3.42. The number of terminal acetylenes is 1. The summed E-state index contributed by atoms with van der Waals surface area (Å²) in [5.41, 5.74) is 1.77. The van der Waals surface area contributed by atoms with Gasteiger partial charge in [0.15, 0.2) is 0 Å². The van der Waals surface area contributed by atoms with E-state index in [0.29, 0.717) is 6.54 Å². The van der Waals surface area contributed by atoms with Crippen LogP contribution in [0.2, 0.25) is 0 Å². The summed E-state index contributed by atoms with van der Waals surface area (Å²) in [6.07, 6.45) is 5.15. The van der Waals surface area contributed by atoms with Crippen LogP contribution >= 0.6 is 15.9 Å². The monoisotopic (exact) mass is 264 g/mol. The summed E-state index contributed by atoms with van der Waals surface area (Å²) in [6.45, 7) is 0.374. The molecule has 0 saturated heterocycles. The third kappa shape index (κ3) is 1.76. The molecule has 1 unspecified atom stereocenters. The molecule has 0 bridgehead atoms. The maximum atomic E-state index is 11.6. The molecule has 0 aliphatic carbocycles. The van der Waals surface area contributed by atoms with Gasteiger partial charge in [-0.05, 0) is 12.1 Å². The van der Waals surface area contributed by atoms with E-state index in [9.17, 15) is 4.79 Å². The summed E-state index contributed by atoms with van der Waals surface area (Å²) in [7, 11) is 0. The van der Waals surface area contributed by atoms with Gasteiger partial charge in [0, 0.05) is 15.7 Å². The number of halogens is 1. The van der Waals surface area contributed by atoms with Crippen molar-refractivity contribution in [3.05, 3.63) is 28.2 Å². The zero-order valence-electron chi connectivity index (χ0n) is 7.88. The highest BCUT2D eigenvalue weighted by molar-refractivity contribution is 9.10. The molecule has 0 fully saturated rings. The Kier molecular flexibility index (Phi) is 2.76. The highest BCUT2D eigenvalue weighted by atomic mass is 79.9. The number of hydrogen-bond donors (Lipinski definition) is 2. The predicted octanol–water partition coefficient (Wildman–Crippen LogP) is 1.67. The molecule has 0 spiro atoms. The fourth-order valence-electron chi connectivity index (χ4n) is 1.63. The summed E-state index contributed by atoms with van der Waals surface area (Å²) in [6, 6.07) is 5.30. The third-order valence-corrected chi connectivity index (χ3v) is 2.96. The van der Waals surface area contributed by atoms with E-state index < -0.39 is 0 Å². The molecule has 1 aromatic carbocycles. The van der Waals surface area contributed by atoms with E-state index in [1.807, 2.05) is 18.2 Å². The Balaban J connectivity index is 2.36. The first-order valence-corrected chi connectivity index (χ1v) is 5.29. The summed E-state index contributed by atoms with van der Waals surface area (Å²) in [4.78, 5) is 11.6. The van der Waals surface area contributed by atoms with Crippen molar-refractivity contribution >= 4 is 27.5 Å². The number of carbonyl (C=O) groups excluding carboxylic acids is 1. The zero-order chi connectivity index (χ0) is 10.8. The Labute approximate surface area is 96.4 Å². The molecule has 15 heavy (non-hydrogen) atoms. The van der Waals surface area contributed by atoms with Gasteiger partial charge in [0.1, 0.15) is 6.04 Å². The van der Waals surface area contributed by atoms with Gasteiger partial charge < -0.3 is 5.32 Å². The van der Waals surface area contributed by atoms with Crippen LogP contribution in [-0.4, -0.2) is 12.5 Å². The minimum atomic E-state index is -0.355. The number of anilines is 1. The summed E-state index contributed by atoms with van der Waals surface area (Å²) in [5, 5.41) is 5.80. The van der Waals surface area contributed by atoms with Crippen LogP contribution in [0.15, 0.2) is 22.7 Å². The molecule has 1 amide bonds. The number of carbonyl (C=O) groups is 1. The molecular formula is C11H9BrN2O. The largest absolute Gasteiger partial charge is 0.324 e. The molecule has 0 saturated carbocycles. The van der Waals surface area contributed by atoms with Crippen molar-refractivity contribution in [2.45, 2.75) is 6.04 Å².